The molecule has 13 heteroatoms. The van der Waals surface area contributed by atoms with Crippen molar-refractivity contribution in [1.29, 1.82) is 0 Å². The van der Waals surface area contributed by atoms with E-state index in [1.165, 1.54) is 0 Å². The second kappa shape index (κ2) is 11.0. The zero-order valence-corrected chi connectivity index (χ0v) is 26.1. The molecule has 0 radical (unpaired) electrons. The van der Waals surface area contributed by atoms with E-state index in [2.05, 4.69) is 20.0 Å². The summed E-state index contributed by atoms with van der Waals surface area (Å²) in [6.07, 6.45) is 4.27. The van der Waals surface area contributed by atoms with Crippen LogP contribution in [-0.4, -0.2) is 104 Å². The molecular weight excluding hydrogens is 582 g/mol. The molecule has 1 amide bonds. The highest BCUT2D eigenvalue weighted by Gasteiger charge is 2.49. The van der Waals surface area contributed by atoms with Crippen molar-refractivity contribution < 1.29 is 23.0 Å². The molecule has 45 heavy (non-hydrogen) atoms. The number of hydrogen-bond acceptors (Lipinski definition) is 9. The van der Waals surface area contributed by atoms with Crippen LogP contribution in [0.5, 0.6) is 6.01 Å². The van der Waals surface area contributed by atoms with Crippen LogP contribution in [0.1, 0.15) is 40.0 Å². The number of hydrogen-bond donors (Lipinski definition) is 0. The number of amides is 1. The normalized spacial score (nSPS) is 22.4. The number of rotatable bonds is 5. The van der Waals surface area contributed by atoms with E-state index in [1.54, 1.807) is 22.0 Å². The van der Waals surface area contributed by atoms with E-state index in [1.807, 2.05) is 50.9 Å². The van der Waals surface area contributed by atoms with Gasteiger partial charge < -0.3 is 19.3 Å². The number of nitrogens with zero attached hydrogens (tertiary/aromatic N) is 8. The van der Waals surface area contributed by atoms with Crippen LogP contribution in [0.15, 0.2) is 30.6 Å². The third-order valence-electron chi connectivity index (χ3n) is 9.12. The Balaban J connectivity index is 1.26. The van der Waals surface area contributed by atoms with E-state index < -0.39 is 23.1 Å². The van der Waals surface area contributed by atoms with Gasteiger partial charge in [0.1, 0.15) is 35.4 Å². The minimum Gasteiger partial charge on any atom is -0.461 e. The summed E-state index contributed by atoms with van der Waals surface area (Å²) in [7, 11) is 1.81. The van der Waals surface area contributed by atoms with Gasteiger partial charge in [0.25, 0.3) is 0 Å². The van der Waals surface area contributed by atoms with Crippen LogP contribution in [0, 0.1) is 5.82 Å². The van der Waals surface area contributed by atoms with Crippen molar-refractivity contribution in [3.05, 3.63) is 36.4 Å². The SMILES string of the molecule is Cn1ncc2cccc(-c3ncc4c(N5CCN(C(=O)OC(C)(C)C)CC5)nc(OC[C@@]56CCCN5C[C@H](F)C6)nc4c3F)c21. The highest BCUT2D eigenvalue weighted by atomic mass is 19.1. The zero-order chi connectivity index (χ0) is 31.5. The first kappa shape index (κ1) is 29.6. The molecule has 0 aliphatic carbocycles. The van der Waals surface area contributed by atoms with Gasteiger partial charge in [-0.05, 0) is 40.2 Å². The van der Waals surface area contributed by atoms with Gasteiger partial charge in [-0.15, -0.1) is 0 Å². The third-order valence-corrected chi connectivity index (χ3v) is 9.12. The van der Waals surface area contributed by atoms with E-state index in [-0.39, 0.29) is 29.9 Å². The Hall–Kier alpha value is -4.13. The van der Waals surface area contributed by atoms with Crippen molar-refractivity contribution in [2.45, 2.75) is 57.3 Å². The lowest BCUT2D eigenvalue weighted by Crippen LogP contribution is -2.50. The Bertz CT molecular complexity index is 1770. The van der Waals surface area contributed by atoms with E-state index in [0.29, 0.717) is 55.9 Å². The highest BCUT2D eigenvalue weighted by Crippen LogP contribution is 2.41. The minimum absolute atomic E-state index is 0.0328. The number of anilines is 1. The second-order valence-electron chi connectivity index (χ2n) is 13.3. The van der Waals surface area contributed by atoms with Gasteiger partial charge in [0, 0.05) is 63.3 Å². The number of halogens is 2. The number of alkyl halides is 1. The van der Waals surface area contributed by atoms with Gasteiger partial charge in [-0.3, -0.25) is 14.6 Å². The summed E-state index contributed by atoms with van der Waals surface area (Å²) in [6.45, 7) is 8.67. The first-order valence-corrected chi connectivity index (χ1v) is 15.5. The van der Waals surface area contributed by atoms with E-state index in [4.69, 9.17) is 14.5 Å². The fourth-order valence-corrected chi connectivity index (χ4v) is 7.01. The lowest BCUT2D eigenvalue weighted by atomic mass is 9.95. The summed E-state index contributed by atoms with van der Waals surface area (Å²) >= 11 is 0. The molecule has 0 N–H and O–H groups in total. The number of ether oxygens (including phenoxy) is 2. The van der Waals surface area contributed by atoms with Crippen molar-refractivity contribution in [1.82, 2.24) is 34.5 Å². The number of benzene rings is 1. The summed E-state index contributed by atoms with van der Waals surface area (Å²) in [4.78, 5) is 32.5. The molecule has 0 spiro atoms. The number of para-hydroxylation sites is 1. The molecule has 7 rings (SSSR count). The zero-order valence-electron chi connectivity index (χ0n) is 26.1. The van der Waals surface area contributed by atoms with Crippen molar-refractivity contribution in [3.8, 4) is 17.3 Å². The van der Waals surface area contributed by atoms with Gasteiger partial charge in [0.2, 0.25) is 0 Å². The topological polar surface area (TPSA) is 102 Å². The first-order valence-electron chi connectivity index (χ1n) is 15.5. The standard InChI is InChI=1S/C32H38F2N8O3/c1-31(2,3)45-30(43)41-13-11-40(12-14-41)28-23-17-35-25(22-8-5-7-20-16-36-39(4)27(20)22)24(34)26(23)37-29(38-28)44-19-32-9-6-10-42(32)18-21(33)15-32/h5,7-8,16-17,21H,6,9-15,18-19H2,1-4H3/t21-,32+/m1/s1. The van der Waals surface area contributed by atoms with Crippen LogP contribution in [0.2, 0.25) is 0 Å². The van der Waals surface area contributed by atoms with Crippen molar-refractivity contribution in [2.75, 3.05) is 50.8 Å². The molecule has 0 saturated carbocycles. The van der Waals surface area contributed by atoms with Gasteiger partial charge in [-0.25, -0.2) is 13.6 Å². The maximum absolute atomic E-state index is 16.6. The van der Waals surface area contributed by atoms with Gasteiger partial charge in [0.15, 0.2) is 5.82 Å². The smallest absolute Gasteiger partial charge is 0.410 e. The van der Waals surface area contributed by atoms with Crippen LogP contribution in [0.25, 0.3) is 33.1 Å². The number of piperazine rings is 1. The van der Waals surface area contributed by atoms with Gasteiger partial charge in [-0.2, -0.15) is 15.1 Å². The van der Waals surface area contributed by atoms with Gasteiger partial charge >= 0.3 is 12.1 Å². The Morgan fingerprint density at radius 3 is 2.69 bits per heavy atom. The maximum Gasteiger partial charge on any atom is 0.410 e. The molecule has 3 fully saturated rings. The molecule has 4 aromatic rings. The highest BCUT2D eigenvalue weighted by molar-refractivity contribution is 5.97. The number of carbonyl (C=O) groups excluding carboxylic acids is 1. The van der Waals surface area contributed by atoms with E-state index in [0.717, 1.165) is 30.3 Å². The Morgan fingerprint density at radius 2 is 1.91 bits per heavy atom. The molecule has 3 aromatic heterocycles. The van der Waals surface area contributed by atoms with Crippen LogP contribution < -0.4 is 9.64 Å². The molecular formula is C32H38F2N8O3. The average Bonchev–Trinajstić information content (AvgIpc) is 3.67. The second-order valence-corrected chi connectivity index (χ2v) is 13.3. The number of carbonyl (C=O) groups is 1. The fraction of sp³-hybridized carbons (Fsp3) is 0.531. The molecule has 2 atom stereocenters. The molecule has 3 aliphatic heterocycles. The Kier molecular flexibility index (Phi) is 7.25. The summed E-state index contributed by atoms with van der Waals surface area (Å²) in [5, 5.41) is 5.65. The van der Waals surface area contributed by atoms with Crippen LogP contribution in [0.3, 0.4) is 0 Å². The lowest BCUT2D eigenvalue weighted by Gasteiger charge is -2.36. The van der Waals surface area contributed by atoms with Gasteiger partial charge in [0.05, 0.1) is 22.6 Å². The van der Waals surface area contributed by atoms with E-state index in [9.17, 15) is 9.18 Å². The molecule has 1 aromatic carbocycles. The number of aryl methyl sites for hydroxylation is 1. The average molecular weight is 621 g/mol. The molecule has 11 nitrogen and oxygen atoms in total. The van der Waals surface area contributed by atoms with E-state index >= 15 is 4.39 Å². The molecule has 6 heterocycles. The molecule has 0 bridgehead atoms. The largest absolute Gasteiger partial charge is 0.461 e. The summed E-state index contributed by atoms with van der Waals surface area (Å²) in [6, 6.07) is 5.62. The van der Waals surface area contributed by atoms with Crippen LogP contribution in [0.4, 0.5) is 19.4 Å². The lowest BCUT2D eigenvalue weighted by molar-refractivity contribution is 0.0240. The molecule has 238 valence electrons. The first-order chi connectivity index (χ1) is 21.5. The molecule has 3 saturated heterocycles. The Morgan fingerprint density at radius 1 is 1.11 bits per heavy atom. The fourth-order valence-electron chi connectivity index (χ4n) is 7.01. The molecule has 0 unspecified atom stereocenters. The van der Waals surface area contributed by atoms with Gasteiger partial charge in [-0.1, -0.05) is 18.2 Å². The predicted octanol–water partition coefficient (Wildman–Crippen LogP) is 4.73. The Labute approximate surface area is 260 Å². The summed E-state index contributed by atoms with van der Waals surface area (Å²) in [5.74, 6) is -0.112. The summed E-state index contributed by atoms with van der Waals surface area (Å²) in [5.41, 5.74) is 0.590. The quantitative estimate of drug-likeness (QED) is 0.313. The van der Waals surface area contributed by atoms with Crippen LogP contribution in [-0.2, 0) is 11.8 Å². The summed E-state index contributed by atoms with van der Waals surface area (Å²) < 4.78 is 44.5. The van der Waals surface area contributed by atoms with Crippen LogP contribution >= 0.6 is 0 Å². The number of pyridine rings is 1. The number of aromatic nitrogens is 5. The van der Waals surface area contributed by atoms with Crippen molar-refractivity contribution in [2.24, 2.45) is 7.05 Å². The maximum atomic E-state index is 16.6. The number of fused-ring (bicyclic) bond motifs is 3. The monoisotopic (exact) mass is 620 g/mol. The minimum atomic E-state index is -0.899. The predicted molar refractivity (Wildman–Crippen MR) is 166 cm³/mol. The van der Waals surface area contributed by atoms with Crippen molar-refractivity contribution in [3.63, 3.8) is 0 Å². The van der Waals surface area contributed by atoms with Crippen molar-refractivity contribution >= 4 is 33.7 Å². The molecule has 3 aliphatic rings. The third kappa shape index (κ3) is 5.40.